The van der Waals surface area contributed by atoms with Gasteiger partial charge in [-0.2, -0.15) is 0 Å². The standard InChI is InChI=1S/C23H50BrP/c1-5-9-13-17-21-25(24,20-16-12-8-4,22-18-14-10-6-2)23-19-15-11-7-3/h5-23H2,1-4H3. The fourth-order valence-electron chi connectivity index (χ4n) is 4.23. The van der Waals surface area contributed by atoms with E-state index in [9.17, 15) is 0 Å². The second-order valence-electron chi connectivity index (χ2n) is 8.60. The SMILES string of the molecule is CCCCCCP(Br)(CCCCC)(CCCCCC)CCCCCC. The van der Waals surface area contributed by atoms with Crippen LogP contribution >= 0.6 is 20.8 Å². The van der Waals surface area contributed by atoms with E-state index in [0.717, 1.165) is 0 Å². The number of hydrogen-bond acceptors (Lipinski definition) is 0. The van der Waals surface area contributed by atoms with Crippen LogP contribution in [0.2, 0.25) is 0 Å². The zero-order valence-electron chi connectivity index (χ0n) is 18.3. The molecule has 0 fully saturated rings. The van der Waals surface area contributed by atoms with Crippen molar-refractivity contribution in [2.75, 3.05) is 24.6 Å². The molecule has 0 aliphatic carbocycles. The fraction of sp³-hybridized carbons (Fsp3) is 1.00. The maximum atomic E-state index is 4.61. The summed E-state index contributed by atoms with van der Waals surface area (Å²) >= 11 is 4.61. The number of halogens is 1. The fourth-order valence-corrected chi connectivity index (χ4v) is 12.6. The summed E-state index contributed by atoms with van der Waals surface area (Å²) in [5, 5.41) is -1.66. The maximum absolute atomic E-state index is 4.61. The van der Waals surface area contributed by atoms with Crippen LogP contribution in [0.5, 0.6) is 0 Å². The molecule has 0 amide bonds. The summed E-state index contributed by atoms with van der Waals surface area (Å²) in [6, 6.07) is 0. The topological polar surface area (TPSA) is 0 Å². The van der Waals surface area contributed by atoms with Crippen LogP contribution in [0.15, 0.2) is 0 Å². The summed E-state index contributed by atoms with van der Waals surface area (Å²) in [6.45, 7) is 9.37. The molecule has 0 unspecified atom stereocenters. The van der Waals surface area contributed by atoms with E-state index in [-0.39, 0.29) is 0 Å². The van der Waals surface area contributed by atoms with Crippen LogP contribution in [0.3, 0.4) is 0 Å². The molecule has 0 saturated carbocycles. The Morgan fingerprint density at radius 2 is 0.640 bits per heavy atom. The van der Waals surface area contributed by atoms with Gasteiger partial charge in [-0.05, 0) is 0 Å². The predicted molar refractivity (Wildman–Crippen MR) is 127 cm³/mol. The van der Waals surface area contributed by atoms with Gasteiger partial charge < -0.3 is 0 Å². The van der Waals surface area contributed by atoms with Crippen molar-refractivity contribution in [2.45, 2.75) is 124 Å². The zero-order chi connectivity index (χ0) is 18.9. The van der Waals surface area contributed by atoms with Crippen molar-refractivity contribution in [1.29, 1.82) is 0 Å². The first-order valence-electron chi connectivity index (χ1n) is 11.8. The van der Waals surface area contributed by atoms with Crippen LogP contribution in [-0.2, 0) is 0 Å². The van der Waals surface area contributed by atoms with Crippen molar-refractivity contribution in [3.05, 3.63) is 0 Å². The molecule has 0 spiro atoms. The van der Waals surface area contributed by atoms with Gasteiger partial charge in [0.25, 0.3) is 0 Å². The van der Waals surface area contributed by atoms with Gasteiger partial charge in [0, 0.05) is 0 Å². The first-order valence-corrected chi connectivity index (χ1v) is 16.8. The Balaban J connectivity index is 4.92. The Kier molecular flexibility index (Phi) is 16.5. The molecule has 0 saturated heterocycles. The third-order valence-corrected chi connectivity index (χ3v) is 16.0. The van der Waals surface area contributed by atoms with Gasteiger partial charge in [0.05, 0.1) is 0 Å². The van der Waals surface area contributed by atoms with Crippen molar-refractivity contribution < 1.29 is 0 Å². The quantitative estimate of drug-likeness (QED) is 0.139. The van der Waals surface area contributed by atoms with E-state index in [1.807, 2.05) is 0 Å². The van der Waals surface area contributed by atoms with Gasteiger partial charge in [-0.3, -0.25) is 0 Å². The van der Waals surface area contributed by atoms with Crippen molar-refractivity contribution in [2.24, 2.45) is 0 Å². The summed E-state index contributed by atoms with van der Waals surface area (Å²) in [5.41, 5.74) is 0. The molecular formula is C23H50BrP. The average molecular weight is 438 g/mol. The first kappa shape index (κ1) is 25.9. The van der Waals surface area contributed by atoms with Gasteiger partial charge >= 0.3 is 169 Å². The molecule has 0 aliphatic heterocycles. The minimum absolute atomic E-state index is 1.36. The van der Waals surface area contributed by atoms with E-state index in [0.29, 0.717) is 0 Å². The molecule has 0 aromatic rings. The third-order valence-electron chi connectivity index (χ3n) is 6.03. The van der Waals surface area contributed by atoms with Crippen molar-refractivity contribution in [3.63, 3.8) is 0 Å². The van der Waals surface area contributed by atoms with Crippen molar-refractivity contribution in [1.82, 2.24) is 0 Å². The molecule has 0 rings (SSSR count). The molecule has 0 aromatic carbocycles. The van der Waals surface area contributed by atoms with E-state index in [2.05, 4.69) is 43.2 Å². The summed E-state index contributed by atoms with van der Waals surface area (Å²) < 4.78 is 0. The number of unbranched alkanes of at least 4 members (excludes halogenated alkanes) is 11. The van der Waals surface area contributed by atoms with E-state index in [1.54, 1.807) is 0 Å². The second kappa shape index (κ2) is 15.9. The van der Waals surface area contributed by atoms with Crippen LogP contribution in [0, 0.1) is 0 Å². The molecule has 0 bridgehead atoms. The summed E-state index contributed by atoms with van der Waals surface area (Å²) in [7, 11) is 0. The van der Waals surface area contributed by atoms with Crippen LogP contribution in [-0.4, -0.2) is 24.6 Å². The van der Waals surface area contributed by atoms with Gasteiger partial charge in [0.2, 0.25) is 0 Å². The molecule has 0 atom stereocenters. The van der Waals surface area contributed by atoms with E-state index < -0.39 is 5.31 Å². The van der Waals surface area contributed by atoms with Crippen LogP contribution in [0.4, 0.5) is 0 Å². The number of rotatable bonds is 19. The van der Waals surface area contributed by atoms with Gasteiger partial charge in [-0.1, -0.05) is 0 Å². The minimum atomic E-state index is -1.66. The van der Waals surface area contributed by atoms with Crippen LogP contribution in [0.1, 0.15) is 124 Å². The number of hydrogen-bond donors (Lipinski definition) is 0. The van der Waals surface area contributed by atoms with Gasteiger partial charge in [0.1, 0.15) is 0 Å². The molecule has 0 radical (unpaired) electrons. The van der Waals surface area contributed by atoms with Crippen molar-refractivity contribution in [3.8, 4) is 0 Å². The molecule has 0 nitrogen and oxygen atoms in total. The Hall–Kier alpha value is 0.910. The molecular weight excluding hydrogens is 387 g/mol. The van der Waals surface area contributed by atoms with Gasteiger partial charge in [-0.15, -0.1) is 0 Å². The Morgan fingerprint density at radius 3 is 0.920 bits per heavy atom. The molecule has 25 heavy (non-hydrogen) atoms. The Morgan fingerprint density at radius 1 is 0.400 bits per heavy atom. The summed E-state index contributed by atoms with van der Waals surface area (Å²) in [4.78, 5) is 0. The molecule has 154 valence electrons. The summed E-state index contributed by atoms with van der Waals surface area (Å²) in [6.07, 6.45) is 27.6. The second-order valence-corrected chi connectivity index (χ2v) is 20.0. The van der Waals surface area contributed by atoms with E-state index in [4.69, 9.17) is 0 Å². The molecule has 0 N–H and O–H groups in total. The van der Waals surface area contributed by atoms with Gasteiger partial charge in [-0.25, -0.2) is 0 Å². The zero-order valence-corrected chi connectivity index (χ0v) is 20.7. The van der Waals surface area contributed by atoms with Gasteiger partial charge in [0.15, 0.2) is 0 Å². The van der Waals surface area contributed by atoms with E-state index >= 15 is 0 Å². The average Bonchev–Trinajstić information content (AvgIpc) is 2.61. The summed E-state index contributed by atoms with van der Waals surface area (Å²) in [5.74, 6) is 0. The monoisotopic (exact) mass is 436 g/mol. The molecule has 0 aromatic heterocycles. The van der Waals surface area contributed by atoms with Crippen molar-refractivity contribution >= 4 is 20.8 Å². The molecule has 0 heterocycles. The third kappa shape index (κ3) is 12.8. The van der Waals surface area contributed by atoms with Crippen LogP contribution in [0.25, 0.3) is 0 Å². The Bertz CT molecular complexity index is 256. The Labute approximate surface area is 169 Å². The van der Waals surface area contributed by atoms with E-state index in [1.165, 1.54) is 121 Å². The molecule has 0 aliphatic rings. The first-order chi connectivity index (χ1) is 12.0. The molecule has 2 heteroatoms. The van der Waals surface area contributed by atoms with Crippen LogP contribution < -0.4 is 0 Å². The predicted octanol–water partition coefficient (Wildman–Crippen LogP) is 9.78. The normalized spacial score (nSPS) is 13.7.